The van der Waals surface area contributed by atoms with Crippen LogP contribution in [0.5, 0.6) is 0 Å². The van der Waals surface area contributed by atoms with Gasteiger partial charge < -0.3 is 5.73 Å². The van der Waals surface area contributed by atoms with E-state index in [-0.39, 0.29) is 16.3 Å². The Morgan fingerprint density at radius 2 is 1.74 bits per heavy atom. The maximum Gasteiger partial charge on any atom is 0.184 e. The van der Waals surface area contributed by atoms with Gasteiger partial charge in [-0.3, -0.25) is 0 Å². The molecule has 2 aromatic rings. The van der Waals surface area contributed by atoms with Crippen molar-refractivity contribution in [3.63, 3.8) is 0 Å². The monoisotopic (exact) mass is 299 g/mol. The third-order valence-corrected chi connectivity index (χ3v) is 4.57. The van der Waals surface area contributed by atoms with Crippen LogP contribution in [0.1, 0.15) is 5.56 Å². The lowest BCUT2D eigenvalue weighted by atomic mass is 10.2. The molecule has 0 aliphatic carbocycles. The number of anilines is 1. The van der Waals surface area contributed by atoms with Crippen LogP contribution >= 0.6 is 11.6 Å². The lowest BCUT2D eigenvalue weighted by Gasteiger charge is -2.08. The molecule has 0 atom stereocenters. The van der Waals surface area contributed by atoms with Gasteiger partial charge in [0.25, 0.3) is 0 Å². The molecule has 3 nitrogen and oxygen atoms in total. The Labute approximate surface area is 115 Å². The van der Waals surface area contributed by atoms with Gasteiger partial charge in [0.2, 0.25) is 0 Å². The Kier molecular flexibility index (Phi) is 3.78. The summed E-state index contributed by atoms with van der Waals surface area (Å²) in [6, 6.07) is 9.52. The summed E-state index contributed by atoms with van der Waals surface area (Å²) in [7, 11) is -3.58. The normalized spacial score (nSPS) is 11.5. The van der Waals surface area contributed by atoms with Gasteiger partial charge in [-0.25, -0.2) is 12.8 Å². The second-order valence-electron chi connectivity index (χ2n) is 4.07. The number of rotatable bonds is 3. The average Bonchev–Trinajstić information content (AvgIpc) is 2.31. The summed E-state index contributed by atoms with van der Waals surface area (Å²) >= 11 is 5.73. The van der Waals surface area contributed by atoms with Crippen molar-refractivity contribution < 1.29 is 12.8 Å². The van der Waals surface area contributed by atoms with Crippen LogP contribution in [0.2, 0.25) is 5.02 Å². The SMILES string of the molecule is Nc1cc(Cl)ccc1S(=O)(=O)Cc1ccc(F)cc1. The highest BCUT2D eigenvalue weighted by atomic mass is 35.5. The Morgan fingerprint density at radius 1 is 1.11 bits per heavy atom. The van der Waals surface area contributed by atoms with Crippen molar-refractivity contribution >= 4 is 27.1 Å². The van der Waals surface area contributed by atoms with E-state index >= 15 is 0 Å². The molecule has 100 valence electrons. The molecule has 0 spiro atoms. The molecule has 0 heterocycles. The molecule has 19 heavy (non-hydrogen) atoms. The molecule has 0 bridgehead atoms. The second-order valence-corrected chi connectivity index (χ2v) is 6.46. The molecule has 6 heteroatoms. The zero-order valence-electron chi connectivity index (χ0n) is 9.81. The lowest BCUT2D eigenvalue weighted by molar-refractivity contribution is 0.595. The maximum absolute atomic E-state index is 12.8. The molecular formula is C13H11ClFNO2S. The number of halogens is 2. The number of hydrogen-bond donors (Lipinski definition) is 1. The van der Waals surface area contributed by atoms with Gasteiger partial charge in [0, 0.05) is 5.02 Å². The fourth-order valence-electron chi connectivity index (χ4n) is 1.68. The first-order valence-corrected chi connectivity index (χ1v) is 7.44. The standard InChI is InChI=1S/C13H11ClFNO2S/c14-10-3-6-13(12(16)7-10)19(17,18)8-9-1-4-11(15)5-2-9/h1-7H,8,16H2. The zero-order valence-corrected chi connectivity index (χ0v) is 11.4. The summed E-state index contributed by atoms with van der Waals surface area (Å²) in [5.74, 6) is -0.647. The highest BCUT2D eigenvalue weighted by Gasteiger charge is 2.18. The van der Waals surface area contributed by atoms with E-state index in [0.717, 1.165) is 0 Å². The fourth-order valence-corrected chi connectivity index (χ4v) is 3.34. The molecule has 0 aliphatic heterocycles. The molecule has 0 amide bonds. The van der Waals surface area contributed by atoms with Gasteiger partial charge in [-0.2, -0.15) is 0 Å². The average molecular weight is 300 g/mol. The first kappa shape index (κ1) is 13.8. The molecule has 0 unspecified atom stereocenters. The predicted octanol–water partition coefficient (Wildman–Crippen LogP) is 3.04. The van der Waals surface area contributed by atoms with Gasteiger partial charge >= 0.3 is 0 Å². The lowest BCUT2D eigenvalue weighted by Crippen LogP contribution is -2.08. The van der Waals surface area contributed by atoms with Crippen LogP contribution in [0.15, 0.2) is 47.4 Å². The molecule has 2 N–H and O–H groups in total. The Balaban J connectivity index is 2.35. The summed E-state index contributed by atoms with van der Waals surface area (Å²) in [6.45, 7) is 0. The van der Waals surface area contributed by atoms with Crippen molar-refractivity contribution in [1.82, 2.24) is 0 Å². The molecule has 0 aromatic heterocycles. The van der Waals surface area contributed by atoms with E-state index in [1.54, 1.807) is 0 Å². The number of hydrogen-bond acceptors (Lipinski definition) is 3. The van der Waals surface area contributed by atoms with Crippen LogP contribution in [-0.4, -0.2) is 8.42 Å². The highest BCUT2D eigenvalue weighted by Crippen LogP contribution is 2.25. The molecule has 0 saturated carbocycles. The first-order chi connectivity index (χ1) is 8.88. The van der Waals surface area contributed by atoms with E-state index < -0.39 is 15.7 Å². The van der Waals surface area contributed by atoms with Crippen LogP contribution in [0.3, 0.4) is 0 Å². The van der Waals surface area contributed by atoms with Gasteiger partial charge in [0.15, 0.2) is 9.84 Å². The van der Waals surface area contributed by atoms with Crippen molar-refractivity contribution in [2.24, 2.45) is 0 Å². The summed E-state index contributed by atoms with van der Waals surface area (Å²) in [5.41, 5.74) is 6.26. The van der Waals surface area contributed by atoms with E-state index in [9.17, 15) is 12.8 Å². The largest absolute Gasteiger partial charge is 0.398 e. The molecule has 0 fully saturated rings. The topological polar surface area (TPSA) is 60.2 Å². The van der Waals surface area contributed by atoms with Gasteiger partial charge in [0.05, 0.1) is 16.3 Å². The van der Waals surface area contributed by atoms with Crippen LogP contribution in [0, 0.1) is 5.82 Å². The fraction of sp³-hybridized carbons (Fsp3) is 0.0769. The van der Waals surface area contributed by atoms with Crippen molar-refractivity contribution in [1.29, 1.82) is 0 Å². The minimum absolute atomic E-state index is 0.0289. The highest BCUT2D eigenvalue weighted by molar-refractivity contribution is 7.90. The van der Waals surface area contributed by atoms with E-state index in [0.29, 0.717) is 10.6 Å². The van der Waals surface area contributed by atoms with E-state index in [1.165, 1.54) is 42.5 Å². The summed E-state index contributed by atoms with van der Waals surface area (Å²) in [6.07, 6.45) is 0. The number of nitrogen functional groups attached to an aromatic ring is 1. The van der Waals surface area contributed by atoms with Crippen LogP contribution in [0.25, 0.3) is 0 Å². The van der Waals surface area contributed by atoms with Gasteiger partial charge in [-0.1, -0.05) is 23.7 Å². The Hall–Kier alpha value is -1.59. The molecule has 0 saturated heterocycles. The minimum Gasteiger partial charge on any atom is -0.398 e. The number of nitrogens with two attached hydrogens (primary N) is 1. The molecule has 0 radical (unpaired) electrons. The summed E-state index contributed by atoms with van der Waals surface area (Å²) < 4.78 is 37.2. The molecule has 2 aromatic carbocycles. The smallest absolute Gasteiger partial charge is 0.184 e. The molecule has 0 aliphatic rings. The minimum atomic E-state index is -3.58. The van der Waals surface area contributed by atoms with Crippen LogP contribution in [0.4, 0.5) is 10.1 Å². The number of benzene rings is 2. The van der Waals surface area contributed by atoms with Gasteiger partial charge in [-0.05, 0) is 35.9 Å². The van der Waals surface area contributed by atoms with E-state index in [1.807, 2.05) is 0 Å². The van der Waals surface area contributed by atoms with Crippen molar-refractivity contribution in [2.45, 2.75) is 10.6 Å². The maximum atomic E-state index is 12.8. The quantitative estimate of drug-likeness (QED) is 0.886. The third kappa shape index (κ3) is 3.24. The summed E-state index contributed by atoms with van der Waals surface area (Å²) in [4.78, 5) is 0.0289. The third-order valence-electron chi connectivity index (χ3n) is 2.58. The van der Waals surface area contributed by atoms with Crippen LogP contribution < -0.4 is 5.73 Å². The zero-order chi connectivity index (χ0) is 14.0. The first-order valence-electron chi connectivity index (χ1n) is 5.41. The summed E-state index contributed by atoms with van der Waals surface area (Å²) in [5, 5.41) is 0.373. The Bertz CT molecular complexity index is 699. The van der Waals surface area contributed by atoms with E-state index in [4.69, 9.17) is 17.3 Å². The van der Waals surface area contributed by atoms with Crippen LogP contribution in [-0.2, 0) is 15.6 Å². The molecule has 2 rings (SSSR count). The predicted molar refractivity (Wildman–Crippen MR) is 73.2 cm³/mol. The van der Waals surface area contributed by atoms with Crippen molar-refractivity contribution in [2.75, 3.05) is 5.73 Å². The van der Waals surface area contributed by atoms with Crippen molar-refractivity contribution in [3.8, 4) is 0 Å². The van der Waals surface area contributed by atoms with Gasteiger partial charge in [-0.15, -0.1) is 0 Å². The molecular weight excluding hydrogens is 289 g/mol. The Morgan fingerprint density at radius 3 is 2.32 bits per heavy atom. The van der Waals surface area contributed by atoms with E-state index in [2.05, 4.69) is 0 Å². The number of sulfone groups is 1. The van der Waals surface area contributed by atoms with Crippen molar-refractivity contribution in [3.05, 3.63) is 58.9 Å². The van der Waals surface area contributed by atoms with Gasteiger partial charge in [0.1, 0.15) is 5.82 Å². The second kappa shape index (κ2) is 5.19.